The summed E-state index contributed by atoms with van der Waals surface area (Å²) in [6.07, 6.45) is 0.910. The van der Waals surface area contributed by atoms with Crippen LogP contribution in [0.15, 0.2) is 30.3 Å². The maximum Gasteiger partial charge on any atom is 0.261 e. The van der Waals surface area contributed by atoms with E-state index < -0.39 is 0 Å². The van der Waals surface area contributed by atoms with Gasteiger partial charge in [-0.15, -0.1) is 11.3 Å². The number of rotatable bonds is 5. The first kappa shape index (κ1) is 16.5. The molecule has 0 bridgehead atoms. The Morgan fingerprint density at radius 2 is 2.21 bits per heavy atom. The number of hydrogen-bond donors (Lipinski definition) is 1. The van der Waals surface area contributed by atoms with Gasteiger partial charge in [0.15, 0.2) is 0 Å². The smallest absolute Gasteiger partial charge is 0.261 e. The number of aromatic nitrogens is 2. The van der Waals surface area contributed by atoms with Gasteiger partial charge >= 0.3 is 0 Å². The van der Waals surface area contributed by atoms with Crippen molar-refractivity contribution < 1.29 is 9.53 Å². The van der Waals surface area contributed by atoms with E-state index in [0.717, 1.165) is 33.6 Å². The van der Waals surface area contributed by atoms with Crippen LogP contribution in [0.1, 0.15) is 29.9 Å². The summed E-state index contributed by atoms with van der Waals surface area (Å²) in [5, 5.41) is 8.62. The standard InChI is InChI=1S/C18H21N3O2S/c1-5-11(2)19-17(22)15-10-14-16(20-21(3)18(14)24-15)12-7-6-8-13(9-12)23-4/h6-11H,5H2,1-4H3,(H,19,22). The quantitative estimate of drug-likeness (QED) is 0.766. The molecule has 0 saturated carbocycles. The third-order valence-electron chi connectivity index (χ3n) is 4.07. The Labute approximate surface area is 145 Å². The van der Waals surface area contributed by atoms with Gasteiger partial charge in [-0.1, -0.05) is 19.1 Å². The van der Waals surface area contributed by atoms with Crippen molar-refractivity contribution in [3.8, 4) is 17.0 Å². The molecule has 24 heavy (non-hydrogen) atoms. The number of thiophene rings is 1. The van der Waals surface area contributed by atoms with E-state index in [0.29, 0.717) is 4.88 Å². The van der Waals surface area contributed by atoms with Crippen molar-refractivity contribution in [1.29, 1.82) is 0 Å². The number of aryl methyl sites for hydroxylation is 1. The first-order valence-electron chi connectivity index (χ1n) is 7.95. The Morgan fingerprint density at radius 1 is 1.42 bits per heavy atom. The van der Waals surface area contributed by atoms with Gasteiger partial charge in [0.25, 0.3) is 5.91 Å². The van der Waals surface area contributed by atoms with Gasteiger partial charge in [0.1, 0.15) is 16.3 Å². The number of amides is 1. The number of nitrogens with zero attached hydrogens (tertiary/aromatic N) is 2. The Kier molecular flexibility index (Phi) is 4.57. The molecule has 2 heterocycles. The number of hydrogen-bond acceptors (Lipinski definition) is 4. The van der Waals surface area contributed by atoms with Crippen LogP contribution in [0.3, 0.4) is 0 Å². The van der Waals surface area contributed by atoms with Crippen molar-refractivity contribution in [3.05, 3.63) is 35.2 Å². The molecule has 2 aromatic heterocycles. The molecule has 1 amide bonds. The van der Waals surface area contributed by atoms with Crippen LogP contribution in [0, 0.1) is 0 Å². The summed E-state index contributed by atoms with van der Waals surface area (Å²) in [5.74, 6) is 0.762. The summed E-state index contributed by atoms with van der Waals surface area (Å²) < 4.78 is 7.13. The molecule has 1 aromatic carbocycles. The average molecular weight is 343 g/mol. The zero-order valence-corrected chi connectivity index (χ0v) is 15.1. The molecule has 0 aliphatic rings. The van der Waals surface area contributed by atoms with Crippen molar-refractivity contribution in [2.75, 3.05) is 7.11 Å². The van der Waals surface area contributed by atoms with Crippen molar-refractivity contribution in [1.82, 2.24) is 15.1 Å². The first-order chi connectivity index (χ1) is 11.5. The van der Waals surface area contributed by atoms with Crippen LogP contribution >= 0.6 is 11.3 Å². The van der Waals surface area contributed by atoms with Crippen LogP contribution in [0.25, 0.3) is 21.5 Å². The molecule has 0 saturated heterocycles. The van der Waals surface area contributed by atoms with E-state index in [4.69, 9.17) is 4.74 Å². The summed E-state index contributed by atoms with van der Waals surface area (Å²) in [6, 6.07) is 9.90. The Bertz CT molecular complexity index is 882. The monoisotopic (exact) mass is 343 g/mol. The van der Waals surface area contributed by atoms with E-state index in [1.807, 2.05) is 49.0 Å². The predicted molar refractivity (Wildman–Crippen MR) is 97.8 cm³/mol. The molecule has 3 rings (SSSR count). The van der Waals surface area contributed by atoms with Crippen LogP contribution < -0.4 is 10.1 Å². The molecule has 3 aromatic rings. The molecular weight excluding hydrogens is 322 g/mol. The fourth-order valence-corrected chi connectivity index (χ4v) is 3.51. The summed E-state index contributed by atoms with van der Waals surface area (Å²) >= 11 is 1.47. The van der Waals surface area contributed by atoms with Gasteiger partial charge in [0.05, 0.1) is 12.0 Å². The van der Waals surface area contributed by atoms with Crippen LogP contribution in [0.4, 0.5) is 0 Å². The van der Waals surface area contributed by atoms with Crippen LogP contribution in [0.2, 0.25) is 0 Å². The second-order valence-electron chi connectivity index (χ2n) is 5.82. The molecule has 0 fully saturated rings. The number of methoxy groups -OCH3 is 1. The summed E-state index contributed by atoms with van der Waals surface area (Å²) in [4.78, 5) is 14.1. The number of benzene rings is 1. The lowest BCUT2D eigenvalue weighted by Crippen LogP contribution is -2.31. The van der Waals surface area contributed by atoms with E-state index in [1.165, 1.54) is 11.3 Å². The molecule has 0 radical (unpaired) electrons. The van der Waals surface area contributed by atoms with Crippen LogP contribution in [0.5, 0.6) is 5.75 Å². The van der Waals surface area contributed by atoms with Crippen molar-refractivity contribution >= 4 is 27.5 Å². The number of carbonyl (C=O) groups is 1. The van der Waals surface area contributed by atoms with Gasteiger partial charge in [0, 0.05) is 24.0 Å². The third-order valence-corrected chi connectivity index (χ3v) is 5.27. The molecule has 1 atom stereocenters. The van der Waals surface area contributed by atoms with Gasteiger partial charge in [-0.05, 0) is 31.5 Å². The van der Waals surface area contributed by atoms with Crippen molar-refractivity contribution in [3.63, 3.8) is 0 Å². The molecule has 1 N–H and O–H groups in total. The van der Waals surface area contributed by atoms with E-state index in [9.17, 15) is 4.79 Å². The molecule has 0 aliphatic heterocycles. The van der Waals surface area contributed by atoms with Gasteiger partial charge in [-0.2, -0.15) is 5.10 Å². The molecule has 0 aliphatic carbocycles. The largest absolute Gasteiger partial charge is 0.497 e. The Hall–Kier alpha value is -2.34. The number of nitrogens with one attached hydrogen (secondary N) is 1. The first-order valence-corrected chi connectivity index (χ1v) is 8.77. The van der Waals surface area contributed by atoms with E-state index in [2.05, 4.69) is 17.3 Å². The summed E-state index contributed by atoms with van der Waals surface area (Å²) in [7, 11) is 3.55. The third kappa shape index (κ3) is 3.01. The average Bonchev–Trinajstić information content (AvgIpc) is 3.15. The molecular formula is C18H21N3O2S. The molecule has 0 spiro atoms. The summed E-state index contributed by atoms with van der Waals surface area (Å²) in [5.41, 5.74) is 1.84. The second kappa shape index (κ2) is 6.65. The van der Waals surface area contributed by atoms with E-state index in [1.54, 1.807) is 7.11 Å². The lowest BCUT2D eigenvalue weighted by Gasteiger charge is -2.09. The minimum absolute atomic E-state index is 0.0258. The Morgan fingerprint density at radius 3 is 2.92 bits per heavy atom. The SMILES string of the molecule is CCC(C)NC(=O)c1cc2c(-c3cccc(OC)c3)nn(C)c2s1. The van der Waals surface area contributed by atoms with Crippen LogP contribution in [-0.4, -0.2) is 28.8 Å². The number of fused-ring (bicyclic) bond motifs is 1. The van der Waals surface area contributed by atoms with Gasteiger partial charge in [-0.25, -0.2) is 0 Å². The van der Waals surface area contributed by atoms with Crippen LogP contribution in [-0.2, 0) is 7.05 Å². The number of ether oxygens (including phenoxy) is 1. The maximum atomic E-state index is 12.4. The summed E-state index contributed by atoms with van der Waals surface area (Å²) in [6.45, 7) is 4.06. The zero-order valence-electron chi connectivity index (χ0n) is 14.3. The normalized spacial score (nSPS) is 12.3. The Balaban J connectivity index is 2.03. The fraction of sp³-hybridized carbons (Fsp3) is 0.333. The van der Waals surface area contributed by atoms with Gasteiger partial charge in [0.2, 0.25) is 0 Å². The highest BCUT2D eigenvalue weighted by molar-refractivity contribution is 7.20. The van der Waals surface area contributed by atoms with Gasteiger partial charge in [-0.3, -0.25) is 9.48 Å². The second-order valence-corrected chi connectivity index (χ2v) is 6.85. The lowest BCUT2D eigenvalue weighted by atomic mass is 10.1. The number of carbonyl (C=O) groups excluding carboxylic acids is 1. The maximum absolute atomic E-state index is 12.4. The zero-order chi connectivity index (χ0) is 17.3. The molecule has 126 valence electrons. The fourth-order valence-electron chi connectivity index (χ4n) is 2.53. The molecule has 5 nitrogen and oxygen atoms in total. The van der Waals surface area contributed by atoms with E-state index in [-0.39, 0.29) is 11.9 Å². The predicted octanol–water partition coefficient (Wildman–Crippen LogP) is 3.84. The molecule has 1 unspecified atom stereocenters. The van der Waals surface area contributed by atoms with E-state index >= 15 is 0 Å². The minimum Gasteiger partial charge on any atom is -0.497 e. The highest BCUT2D eigenvalue weighted by atomic mass is 32.1. The highest BCUT2D eigenvalue weighted by Crippen LogP contribution is 2.34. The van der Waals surface area contributed by atoms with Crippen molar-refractivity contribution in [2.45, 2.75) is 26.3 Å². The lowest BCUT2D eigenvalue weighted by molar-refractivity contribution is 0.0943. The van der Waals surface area contributed by atoms with Crippen molar-refractivity contribution in [2.24, 2.45) is 7.05 Å². The minimum atomic E-state index is -0.0258. The molecule has 6 heteroatoms. The topological polar surface area (TPSA) is 56.1 Å². The van der Waals surface area contributed by atoms with Gasteiger partial charge < -0.3 is 10.1 Å². The highest BCUT2D eigenvalue weighted by Gasteiger charge is 2.18.